The third-order valence-electron chi connectivity index (χ3n) is 1.87. The molecule has 1 aromatic heterocycles. The van der Waals surface area contributed by atoms with Crippen molar-refractivity contribution in [2.24, 2.45) is 0 Å². The Bertz CT molecular complexity index is 198. The van der Waals surface area contributed by atoms with Gasteiger partial charge in [-0.05, 0) is 28.8 Å². The van der Waals surface area contributed by atoms with Gasteiger partial charge in [0.15, 0.2) is 0 Å². The summed E-state index contributed by atoms with van der Waals surface area (Å²) in [6.45, 7) is 13.0. The SMILES string of the molecule is C.CC.CC(C)c1ccsc1C(C)C. The van der Waals surface area contributed by atoms with Gasteiger partial charge in [0.1, 0.15) is 0 Å². The number of rotatable bonds is 2. The smallest absolute Gasteiger partial charge is 0.0105 e. The Hall–Kier alpha value is -0.300. The second kappa shape index (κ2) is 8.05. The van der Waals surface area contributed by atoms with Crippen molar-refractivity contribution in [1.82, 2.24) is 0 Å². The van der Waals surface area contributed by atoms with Crippen LogP contribution in [0, 0.1) is 0 Å². The summed E-state index contributed by atoms with van der Waals surface area (Å²) < 4.78 is 0. The maximum atomic E-state index is 2.26. The van der Waals surface area contributed by atoms with Crippen molar-refractivity contribution in [2.45, 2.75) is 60.8 Å². The highest BCUT2D eigenvalue weighted by atomic mass is 32.1. The molecule has 1 heterocycles. The zero-order valence-electron chi connectivity index (χ0n) is 9.72. The molecule has 14 heavy (non-hydrogen) atoms. The van der Waals surface area contributed by atoms with Gasteiger partial charge in [-0.2, -0.15) is 0 Å². The lowest BCUT2D eigenvalue weighted by molar-refractivity contribution is 0.810. The summed E-state index contributed by atoms with van der Waals surface area (Å²) >= 11 is 1.89. The standard InChI is InChI=1S/C10H16S.C2H6.CH4/c1-7(2)9-5-6-11-10(9)8(3)4;1-2;/h5-8H,1-4H3;1-2H3;1H4. The Morgan fingerprint density at radius 2 is 1.50 bits per heavy atom. The van der Waals surface area contributed by atoms with Crippen LogP contribution in [0.25, 0.3) is 0 Å². The average Bonchev–Trinajstić information content (AvgIpc) is 2.55. The first-order chi connectivity index (χ1) is 6.13. The van der Waals surface area contributed by atoms with Crippen LogP contribution in [0.2, 0.25) is 0 Å². The first kappa shape index (κ1) is 16.1. The van der Waals surface area contributed by atoms with E-state index in [1.807, 2.05) is 25.2 Å². The lowest BCUT2D eigenvalue weighted by Gasteiger charge is -2.08. The van der Waals surface area contributed by atoms with Crippen LogP contribution in [0.5, 0.6) is 0 Å². The van der Waals surface area contributed by atoms with Crippen molar-refractivity contribution in [3.8, 4) is 0 Å². The molecule has 0 nitrogen and oxygen atoms in total. The van der Waals surface area contributed by atoms with E-state index in [4.69, 9.17) is 0 Å². The predicted octanol–water partition coefficient (Wildman–Crippen LogP) is 5.66. The molecule has 0 aliphatic carbocycles. The highest BCUT2D eigenvalue weighted by Gasteiger charge is 2.09. The van der Waals surface area contributed by atoms with Gasteiger partial charge in [0.2, 0.25) is 0 Å². The Kier molecular flexibility index (Phi) is 9.28. The van der Waals surface area contributed by atoms with E-state index in [9.17, 15) is 0 Å². The van der Waals surface area contributed by atoms with E-state index >= 15 is 0 Å². The topological polar surface area (TPSA) is 0 Å². The number of thiophene rings is 1. The number of hydrogen-bond donors (Lipinski definition) is 0. The second-order valence-electron chi connectivity index (χ2n) is 3.55. The van der Waals surface area contributed by atoms with E-state index in [0.717, 1.165) is 0 Å². The van der Waals surface area contributed by atoms with Crippen LogP contribution < -0.4 is 0 Å². The molecular weight excluding hydrogens is 188 g/mol. The molecule has 1 aromatic rings. The van der Waals surface area contributed by atoms with Crippen LogP contribution in [-0.4, -0.2) is 0 Å². The van der Waals surface area contributed by atoms with Crippen molar-refractivity contribution in [1.29, 1.82) is 0 Å². The maximum absolute atomic E-state index is 2.26. The van der Waals surface area contributed by atoms with Gasteiger partial charge in [0, 0.05) is 4.88 Å². The first-order valence-corrected chi connectivity index (χ1v) is 6.08. The molecule has 0 amide bonds. The average molecular weight is 214 g/mol. The fourth-order valence-corrected chi connectivity index (χ4v) is 2.35. The molecule has 0 saturated carbocycles. The van der Waals surface area contributed by atoms with Crippen LogP contribution in [-0.2, 0) is 0 Å². The van der Waals surface area contributed by atoms with E-state index in [1.54, 1.807) is 4.88 Å². The van der Waals surface area contributed by atoms with E-state index in [0.29, 0.717) is 11.8 Å². The van der Waals surface area contributed by atoms with Crippen LogP contribution in [0.4, 0.5) is 0 Å². The third-order valence-corrected chi connectivity index (χ3v) is 3.11. The minimum absolute atomic E-state index is 0. The molecule has 84 valence electrons. The zero-order chi connectivity index (χ0) is 10.4. The molecule has 1 rings (SSSR count). The van der Waals surface area contributed by atoms with E-state index < -0.39 is 0 Å². The Labute approximate surface area is 94.4 Å². The molecule has 0 unspecified atom stereocenters. The van der Waals surface area contributed by atoms with Crippen LogP contribution in [0.3, 0.4) is 0 Å². The molecule has 0 aliphatic heterocycles. The van der Waals surface area contributed by atoms with Crippen LogP contribution in [0.1, 0.15) is 71.2 Å². The van der Waals surface area contributed by atoms with Crippen LogP contribution in [0.15, 0.2) is 11.4 Å². The van der Waals surface area contributed by atoms with Crippen LogP contribution >= 0.6 is 11.3 Å². The Balaban J connectivity index is 0. The normalized spacial score (nSPS) is 9.43. The Morgan fingerprint density at radius 1 is 1.00 bits per heavy atom. The lowest BCUT2D eigenvalue weighted by Crippen LogP contribution is -1.91. The zero-order valence-corrected chi connectivity index (χ0v) is 10.5. The molecule has 0 radical (unpaired) electrons. The van der Waals surface area contributed by atoms with Gasteiger partial charge >= 0.3 is 0 Å². The molecule has 0 saturated heterocycles. The van der Waals surface area contributed by atoms with Gasteiger partial charge in [0.25, 0.3) is 0 Å². The summed E-state index contributed by atoms with van der Waals surface area (Å²) in [7, 11) is 0. The van der Waals surface area contributed by atoms with Gasteiger partial charge in [-0.25, -0.2) is 0 Å². The monoisotopic (exact) mass is 214 g/mol. The molecule has 0 aromatic carbocycles. The maximum Gasteiger partial charge on any atom is 0.0105 e. The van der Waals surface area contributed by atoms with Gasteiger partial charge in [-0.3, -0.25) is 0 Å². The van der Waals surface area contributed by atoms with Gasteiger partial charge in [-0.1, -0.05) is 49.0 Å². The highest BCUT2D eigenvalue weighted by Crippen LogP contribution is 2.30. The summed E-state index contributed by atoms with van der Waals surface area (Å²) in [4.78, 5) is 1.56. The number of hydrogen-bond acceptors (Lipinski definition) is 1. The summed E-state index contributed by atoms with van der Waals surface area (Å²) in [5, 5.41) is 2.20. The second-order valence-corrected chi connectivity index (χ2v) is 4.50. The molecular formula is C13H26S. The van der Waals surface area contributed by atoms with E-state index in [1.165, 1.54) is 5.56 Å². The molecule has 0 bridgehead atoms. The fraction of sp³-hybridized carbons (Fsp3) is 0.692. The lowest BCUT2D eigenvalue weighted by atomic mass is 9.99. The van der Waals surface area contributed by atoms with Crippen molar-refractivity contribution < 1.29 is 0 Å². The van der Waals surface area contributed by atoms with Crippen molar-refractivity contribution in [2.75, 3.05) is 0 Å². The minimum Gasteiger partial charge on any atom is -0.148 e. The Morgan fingerprint density at radius 3 is 1.79 bits per heavy atom. The fourth-order valence-electron chi connectivity index (χ4n) is 1.28. The molecule has 0 fully saturated rings. The third kappa shape index (κ3) is 4.28. The van der Waals surface area contributed by atoms with Gasteiger partial charge in [0.05, 0.1) is 0 Å². The quantitative estimate of drug-likeness (QED) is 0.596. The highest BCUT2D eigenvalue weighted by molar-refractivity contribution is 7.10. The van der Waals surface area contributed by atoms with E-state index in [-0.39, 0.29) is 7.43 Å². The predicted molar refractivity (Wildman–Crippen MR) is 70.6 cm³/mol. The van der Waals surface area contributed by atoms with Gasteiger partial charge in [-0.15, -0.1) is 11.3 Å². The first-order valence-electron chi connectivity index (χ1n) is 5.20. The molecule has 0 aliphatic rings. The largest absolute Gasteiger partial charge is 0.148 e. The minimum atomic E-state index is 0. The summed E-state index contributed by atoms with van der Waals surface area (Å²) in [5.74, 6) is 1.37. The van der Waals surface area contributed by atoms with Crippen molar-refractivity contribution in [3.63, 3.8) is 0 Å². The van der Waals surface area contributed by atoms with Crippen molar-refractivity contribution >= 4 is 11.3 Å². The molecule has 0 atom stereocenters. The molecule has 1 heteroatoms. The van der Waals surface area contributed by atoms with Crippen molar-refractivity contribution in [3.05, 3.63) is 21.9 Å². The van der Waals surface area contributed by atoms with Gasteiger partial charge < -0.3 is 0 Å². The summed E-state index contributed by atoms with van der Waals surface area (Å²) in [6, 6.07) is 2.25. The summed E-state index contributed by atoms with van der Waals surface area (Å²) in [5.41, 5.74) is 1.53. The van der Waals surface area contributed by atoms with E-state index in [2.05, 4.69) is 39.1 Å². The molecule has 0 N–H and O–H groups in total. The summed E-state index contributed by atoms with van der Waals surface area (Å²) in [6.07, 6.45) is 0. The molecule has 0 spiro atoms.